The molecule has 0 aliphatic carbocycles. The smallest absolute Gasteiger partial charge is 0.0553 e. The number of aromatic nitrogens is 1. The lowest BCUT2D eigenvalue weighted by atomic mass is 10.3. The molecule has 0 aliphatic rings. The van der Waals surface area contributed by atoms with E-state index in [2.05, 4.69) is 35.1 Å². The van der Waals surface area contributed by atoms with Crippen molar-refractivity contribution in [3.63, 3.8) is 0 Å². The van der Waals surface area contributed by atoms with Gasteiger partial charge in [0.1, 0.15) is 0 Å². The molecule has 2 nitrogen and oxygen atoms in total. The van der Waals surface area contributed by atoms with E-state index in [0.717, 1.165) is 30.2 Å². The van der Waals surface area contributed by atoms with Gasteiger partial charge < -0.3 is 9.88 Å². The fourth-order valence-corrected chi connectivity index (χ4v) is 2.05. The Hall–Kier alpha value is -1.41. The van der Waals surface area contributed by atoms with Crippen LogP contribution in [0.1, 0.15) is 19.0 Å². The quantitative estimate of drug-likeness (QED) is 0.841. The van der Waals surface area contributed by atoms with Gasteiger partial charge in [0, 0.05) is 29.1 Å². The Kier molecular flexibility index (Phi) is 4.10. The van der Waals surface area contributed by atoms with E-state index in [-0.39, 0.29) is 0 Å². The molecule has 0 amide bonds. The van der Waals surface area contributed by atoms with E-state index < -0.39 is 0 Å². The predicted octanol–water partition coefficient (Wildman–Crippen LogP) is 4.16. The molecule has 17 heavy (non-hydrogen) atoms. The summed E-state index contributed by atoms with van der Waals surface area (Å²) in [5, 5.41) is 4.14. The number of hydrogen-bond acceptors (Lipinski definition) is 1. The van der Waals surface area contributed by atoms with Gasteiger partial charge in [-0.1, -0.05) is 24.6 Å². The summed E-state index contributed by atoms with van der Waals surface area (Å²) in [7, 11) is 0. The highest BCUT2D eigenvalue weighted by atomic mass is 35.5. The zero-order valence-electron chi connectivity index (χ0n) is 9.99. The summed E-state index contributed by atoms with van der Waals surface area (Å²) in [5.74, 6) is 0. The Morgan fingerprint density at radius 3 is 2.88 bits per heavy atom. The zero-order valence-corrected chi connectivity index (χ0v) is 10.7. The number of rotatable bonds is 5. The van der Waals surface area contributed by atoms with Crippen LogP contribution in [0.2, 0.25) is 5.02 Å². The van der Waals surface area contributed by atoms with Gasteiger partial charge in [-0.25, -0.2) is 0 Å². The van der Waals surface area contributed by atoms with Crippen molar-refractivity contribution in [2.24, 2.45) is 0 Å². The fourth-order valence-electron chi connectivity index (χ4n) is 1.86. The summed E-state index contributed by atoms with van der Waals surface area (Å²) in [6.45, 7) is 4.08. The molecule has 1 heterocycles. The van der Waals surface area contributed by atoms with Crippen LogP contribution in [-0.2, 0) is 13.1 Å². The second kappa shape index (κ2) is 5.78. The summed E-state index contributed by atoms with van der Waals surface area (Å²) in [6, 6.07) is 12.0. The average Bonchev–Trinajstić information content (AvgIpc) is 2.75. The summed E-state index contributed by atoms with van der Waals surface area (Å²) in [6.07, 6.45) is 3.28. The van der Waals surface area contributed by atoms with E-state index in [4.69, 9.17) is 11.6 Å². The third-order valence-electron chi connectivity index (χ3n) is 2.69. The predicted molar refractivity (Wildman–Crippen MR) is 73.5 cm³/mol. The van der Waals surface area contributed by atoms with E-state index in [9.17, 15) is 0 Å². The second-order valence-electron chi connectivity index (χ2n) is 4.06. The maximum absolute atomic E-state index is 5.94. The molecule has 3 heteroatoms. The molecule has 1 aromatic heterocycles. The SMILES string of the molecule is CCCn1cccc1CNc1cccc(Cl)c1. The van der Waals surface area contributed by atoms with Gasteiger partial charge in [-0.15, -0.1) is 0 Å². The van der Waals surface area contributed by atoms with Crippen LogP contribution in [0.15, 0.2) is 42.6 Å². The molecule has 0 bridgehead atoms. The molecule has 0 atom stereocenters. The second-order valence-corrected chi connectivity index (χ2v) is 4.49. The third kappa shape index (κ3) is 3.27. The standard InChI is InChI=1S/C14H17ClN2/c1-2-8-17-9-4-7-14(17)11-16-13-6-3-5-12(15)10-13/h3-7,9-10,16H,2,8,11H2,1H3. The summed E-state index contributed by atoms with van der Waals surface area (Å²) in [4.78, 5) is 0. The molecule has 90 valence electrons. The average molecular weight is 249 g/mol. The van der Waals surface area contributed by atoms with E-state index in [1.165, 1.54) is 5.69 Å². The Morgan fingerprint density at radius 2 is 2.12 bits per heavy atom. The van der Waals surface area contributed by atoms with Crippen molar-refractivity contribution in [3.8, 4) is 0 Å². The number of hydrogen-bond donors (Lipinski definition) is 1. The van der Waals surface area contributed by atoms with Gasteiger partial charge in [0.25, 0.3) is 0 Å². The van der Waals surface area contributed by atoms with Crippen LogP contribution < -0.4 is 5.32 Å². The Labute approximate surface area is 107 Å². The normalized spacial score (nSPS) is 10.5. The maximum Gasteiger partial charge on any atom is 0.0553 e. The van der Waals surface area contributed by atoms with Crippen molar-refractivity contribution in [3.05, 3.63) is 53.3 Å². The van der Waals surface area contributed by atoms with Gasteiger partial charge in [-0.3, -0.25) is 0 Å². The van der Waals surface area contributed by atoms with Crippen molar-refractivity contribution >= 4 is 17.3 Å². The van der Waals surface area contributed by atoms with Crippen molar-refractivity contribution in [2.45, 2.75) is 26.4 Å². The van der Waals surface area contributed by atoms with Crippen molar-refractivity contribution < 1.29 is 0 Å². The molecular formula is C14H17ClN2. The monoisotopic (exact) mass is 248 g/mol. The topological polar surface area (TPSA) is 17.0 Å². The number of benzene rings is 1. The number of nitrogens with zero attached hydrogens (tertiary/aromatic N) is 1. The van der Waals surface area contributed by atoms with Crippen LogP contribution in [-0.4, -0.2) is 4.57 Å². The lowest BCUT2D eigenvalue weighted by molar-refractivity contribution is 0.654. The van der Waals surface area contributed by atoms with E-state index in [1.807, 2.05) is 24.3 Å². The van der Waals surface area contributed by atoms with Crippen LogP contribution in [0.25, 0.3) is 0 Å². The van der Waals surface area contributed by atoms with Crippen LogP contribution in [0.5, 0.6) is 0 Å². The summed E-state index contributed by atoms with van der Waals surface area (Å²) >= 11 is 5.94. The number of halogens is 1. The highest BCUT2D eigenvalue weighted by Crippen LogP contribution is 2.16. The van der Waals surface area contributed by atoms with Gasteiger partial charge in [0.15, 0.2) is 0 Å². The van der Waals surface area contributed by atoms with Crippen LogP contribution in [0.4, 0.5) is 5.69 Å². The van der Waals surface area contributed by atoms with Crippen LogP contribution in [0, 0.1) is 0 Å². The van der Waals surface area contributed by atoms with Crippen molar-refractivity contribution in [1.82, 2.24) is 4.57 Å². The summed E-state index contributed by atoms with van der Waals surface area (Å²) in [5.41, 5.74) is 2.36. The lowest BCUT2D eigenvalue weighted by Gasteiger charge is -2.10. The van der Waals surface area contributed by atoms with Crippen LogP contribution in [0.3, 0.4) is 0 Å². The van der Waals surface area contributed by atoms with Gasteiger partial charge in [-0.05, 0) is 36.8 Å². The lowest BCUT2D eigenvalue weighted by Crippen LogP contribution is -2.06. The Morgan fingerprint density at radius 1 is 1.24 bits per heavy atom. The molecule has 0 saturated carbocycles. The molecule has 1 aromatic carbocycles. The van der Waals surface area contributed by atoms with E-state index >= 15 is 0 Å². The first-order chi connectivity index (χ1) is 8.29. The minimum Gasteiger partial charge on any atom is -0.379 e. The van der Waals surface area contributed by atoms with Gasteiger partial charge >= 0.3 is 0 Å². The Bertz CT molecular complexity index is 477. The highest BCUT2D eigenvalue weighted by molar-refractivity contribution is 6.30. The first-order valence-electron chi connectivity index (χ1n) is 5.93. The molecular weight excluding hydrogens is 232 g/mol. The van der Waals surface area contributed by atoms with Crippen LogP contribution >= 0.6 is 11.6 Å². The van der Waals surface area contributed by atoms with E-state index in [0.29, 0.717) is 0 Å². The first-order valence-corrected chi connectivity index (χ1v) is 6.31. The first kappa shape index (κ1) is 12.1. The molecule has 0 spiro atoms. The minimum atomic E-state index is 0.763. The molecule has 2 rings (SSSR count). The van der Waals surface area contributed by atoms with E-state index in [1.54, 1.807) is 0 Å². The Balaban J connectivity index is 1.99. The van der Waals surface area contributed by atoms with Gasteiger partial charge in [-0.2, -0.15) is 0 Å². The molecule has 0 saturated heterocycles. The van der Waals surface area contributed by atoms with Gasteiger partial charge in [0.05, 0.1) is 6.54 Å². The minimum absolute atomic E-state index is 0.763. The number of aryl methyl sites for hydroxylation is 1. The molecule has 0 fully saturated rings. The largest absolute Gasteiger partial charge is 0.379 e. The van der Waals surface area contributed by atoms with Crippen molar-refractivity contribution in [1.29, 1.82) is 0 Å². The highest BCUT2D eigenvalue weighted by Gasteiger charge is 2.00. The maximum atomic E-state index is 5.94. The molecule has 2 aromatic rings. The molecule has 1 N–H and O–H groups in total. The zero-order chi connectivity index (χ0) is 12.1. The summed E-state index contributed by atoms with van der Waals surface area (Å²) < 4.78 is 2.28. The van der Waals surface area contributed by atoms with Gasteiger partial charge in [0.2, 0.25) is 0 Å². The number of anilines is 1. The fraction of sp³-hybridized carbons (Fsp3) is 0.286. The molecule has 0 unspecified atom stereocenters. The number of nitrogens with one attached hydrogen (secondary N) is 1. The molecule has 0 aliphatic heterocycles. The molecule has 0 radical (unpaired) electrons. The van der Waals surface area contributed by atoms with Crippen molar-refractivity contribution in [2.75, 3.05) is 5.32 Å². The third-order valence-corrected chi connectivity index (χ3v) is 2.92.